The molecule has 2 rings (SSSR count). The first kappa shape index (κ1) is 15.5. The number of pyridine rings is 1. The van der Waals surface area contributed by atoms with Crippen molar-refractivity contribution in [2.75, 3.05) is 11.3 Å². The lowest BCUT2D eigenvalue weighted by Crippen LogP contribution is -2.12. The summed E-state index contributed by atoms with van der Waals surface area (Å²) in [6.07, 6.45) is 0.808. The van der Waals surface area contributed by atoms with Crippen molar-refractivity contribution in [1.29, 1.82) is 0 Å². The molecule has 0 aliphatic carbocycles. The highest BCUT2D eigenvalue weighted by Gasteiger charge is 2.17. The lowest BCUT2D eigenvalue weighted by atomic mass is 10.3. The summed E-state index contributed by atoms with van der Waals surface area (Å²) >= 11 is 1.25. The summed E-state index contributed by atoms with van der Waals surface area (Å²) in [6, 6.07) is 8.39. The molecule has 110 valence electrons. The normalized spacial score (nSPS) is 10.8. The van der Waals surface area contributed by atoms with Gasteiger partial charge in [0.1, 0.15) is 15.7 Å². The summed E-state index contributed by atoms with van der Waals surface area (Å²) in [5.74, 6) is 5.68. The molecule has 0 saturated carbocycles. The van der Waals surface area contributed by atoms with Crippen molar-refractivity contribution in [1.82, 2.24) is 4.98 Å². The molecular weight excluding hydrogens is 306 g/mol. The molecule has 2 aromatic heterocycles. The van der Waals surface area contributed by atoms with Gasteiger partial charge in [0.25, 0.3) is 10.0 Å². The van der Waals surface area contributed by atoms with Gasteiger partial charge >= 0.3 is 0 Å². The predicted molar refractivity (Wildman–Crippen MR) is 84.7 cm³/mol. The maximum absolute atomic E-state index is 12.3. The van der Waals surface area contributed by atoms with Gasteiger partial charge in [-0.3, -0.25) is 4.72 Å². The molecule has 0 aliphatic rings. The number of sulfonamides is 1. The highest BCUT2D eigenvalue weighted by Crippen LogP contribution is 2.23. The number of nitrogens with zero attached hydrogens (tertiary/aromatic N) is 1. The van der Waals surface area contributed by atoms with Crippen LogP contribution < -0.4 is 10.5 Å². The van der Waals surface area contributed by atoms with Crippen LogP contribution >= 0.6 is 11.3 Å². The number of thiophene rings is 1. The molecule has 0 spiro atoms. The van der Waals surface area contributed by atoms with Crippen molar-refractivity contribution in [2.24, 2.45) is 5.73 Å². The largest absolute Gasteiger partial charge is 0.320 e. The van der Waals surface area contributed by atoms with Crippen molar-refractivity contribution in [2.45, 2.75) is 17.6 Å². The zero-order valence-electron chi connectivity index (χ0n) is 11.5. The van der Waals surface area contributed by atoms with Crippen molar-refractivity contribution < 1.29 is 8.42 Å². The lowest BCUT2D eigenvalue weighted by molar-refractivity contribution is 0.603. The van der Waals surface area contributed by atoms with Crippen molar-refractivity contribution in [3.8, 4) is 11.8 Å². The van der Waals surface area contributed by atoms with E-state index in [9.17, 15) is 8.42 Å². The third kappa shape index (κ3) is 4.04. The van der Waals surface area contributed by atoms with Crippen LogP contribution in [0.3, 0.4) is 0 Å². The standard InChI is InChI=1S/C14H15N3O2S2/c1-2-12-8-9-14(20-12)21(18,19)17-13-7-3-5-11(16-13)6-4-10-15/h3,5,7-9H,2,10,15H2,1H3,(H,16,17). The van der Waals surface area contributed by atoms with Gasteiger partial charge in [-0.2, -0.15) is 0 Å². The van der Waals surface area contributed by atoms with Crippen LogP contribution in [-0.4, -0.2) is 19.9 Å². The lowest BCUT2D eigenvalue weighted by Gasteiger charge is -2.05. The Labute approximate surface area is 128 Å². The van der Waals surface area contributed by atoms with E-state index in [-0.39, 0.29) is 16.6 Å². The van der Waals surface area contributed by atoms with E-state index >= 15 is 0 Å². The van der Waals surface area contributed by atoms with Gasteiger partial charge in [-0.1, -0.05) is 18.9 Å². The minimum atomic E-state index is -3.61. The zero-order chi connectivity index (χ0) is 15.3. The second-order valence-electron chi connectivity index (χ2n) is 4.09. The molecule has 2 heterocycles. The van der Waals surface area contributed by atoms with Crippen LogP contribution in [0.15, 0.2) is 34.5 Å². The first-order valence-corrected chi connectivity index (χ1v) is 8.62. The first-order chi connectivity index (χ1) is 10.0. The Morgan fingerprint density at radius 3 is 2.81 bits per heavy atom. The second kappa shape index (κ2) is 6.72. The molecule has 5 nitrogen and oxygen atoms in total. The van der Waals surface area contributed by atoms with Crippen LogP contribution in [0.2, 0.25) is 0 Å². The van der Waals surface area contributed by atoms with Crippen LogP contribution in [0.4, 0.5) is 5.82 Å². The highest BCUT2D eigenvalue weighted by molar-refractivity contribution is 7.94. The molecule has 0 saturated heterocycles. The Morgan fingerprint density at radius 1 is 1.33 bits per heavy atom. The van der Waals surface area contributed by atoms with Crippen LogP contribution in [-0.2, 0) is 16.4 Å². The number of rotatable bonds is 4. The van der Waals surface area contributed by atoms with E-state index < -0.39 is 10.0 Å². The highest BCUT2D eigenvalue weighted by atomic mass is 32.2. The van der Waals surface area contributed by atoms with Gasteiger partial charge < -0.3 is 5.73 Å². The van der Waals surface area contributed by atoms with E-state index in [2.05, 4.69) is 21.5 Å². The fourth-order valence-corrected chi connectivity index (χ4v) is 3.88. The minimum Gasteiger partial charge on any atom is -0.320 e. The van der Waals surface area contributed by atoms with E-state index in [1.54, 1.807) is 24.3 Å². The Kier molecular flexibility index (Phi) is 4.96. The maximum atomic E-state index is 12.3. The number of hydrogen-bond acceptors (Lipinski definition) is 5. The van der Waals surface area contributed by atoms with Crippen LogP contribution in [0.5, 0.6) is 0 Å². The molecule has 0 radical (unpaired) electrons. The Morgan fingerprint density at radius 2 is 2.14 bits per heavy atom. The SMILES string of the molecule is CCc1ccc(S(=O)(=O)Nc2cccc(C#CCN)n2)s1. The molecule has 7 heteroatoms. The molecule has 0 aromatic carbocycles. The number of aryl methyl sites for hydroxylation is 1. The molecule has 21 heavy (non-hydrogen) atoms. The zero-order valence-corrected chi connectivity index (χ0v) is 13.1. The van der Waals surface area contributed by atoms with Gasteiger partial charge in [-0.05, 0) is 36.6 Å². The summed E-state index contributed by atoms with van der Waals surface area (Å²) in [6.45, 7) is 2.21. The van der Waals surface area contributed by atoms with Crippen LogP contribution in [0.25, 0.3) is 0 Å². The fourth-order valence-electron chi connectivity index (χ4n) is 1.58. The second-order valence-corrected chi connectivity index (χ2v) is 7.17. The minimum absolute atomic E-state index is 0.229. The number of hydrogen-bond donors (Lipinski definition) is 2. The van der Waals surface area contributed by atoms with Gasteiger partial charge in [0.2, 0.25) is 0 Å². The summed E-state index contributed by atoms with van der Waals surface area (Å²) in [5, 5.41) is 0. The fraction of sp³-hybridized carbons (Fsp3) is 0.214. The number of anilines is 1. The Balaban J connectivity index is 2.24. The van der Waals surface area contributed by atoms with Crippen molar-refractivity contribution in [3.05, 3.63) is 40.9 Å². The average Bonchev–Trinajstić information content (AvgIpc) is 2.95. The molecule has 3 N–H and O–H groups in total. The average molecular weight is 321 g/mol. The molecule has 2 aromatic rings. The molecule has 0 atom stereocenters. The van der Waals surface area contributed by atoms with E-state index in [0.717, 1.165) is 11.3 Å². The van der Waals surface area contributed by atoms with Gasteiger partial charge in [-0.15, -0.1) is 11.3 Å². The molecule has 0 aliphatic heterocycles. The summed E-state index contributed by atoms with van der Waals surface area (Å²) < 4.78 is 27.3. The van der Waals surface area contributed by atoms with Gasteiger partial charge in [0.05, 0.1) is 6.54 Å². The predicted octanol–water partition coefficient (Wildman–Crippen LogP) is 1.82. The van der Waals surface area contributed by atoms with Gasteiger partial charge in [0, 0.05) is 4.88 Å². The summed E-state index contributed by atoms with van der Waals surface area (Å²) in [5.41, 5.74) is 5.77. The third-order valence-corrected chi connectivity index (χ3v) is 5.63. The maximum Gasteiger partial charge on any atom is 0.272 e. The van der Waals surface area contributed by atoms with E-state index in [1.165, 1.54) is 11.3 Å². The molecule has 0 unspecified atom stereocenters. The van der Waals surface area contributed by atoms with Crippen molar-refractivity contribution in [3.63, 3.8) is 0 Å². The topological polar surface area (TPSA) is 85.1 Å². The summed E-state index contributed by atoms with van der Waals surface area (Å²) in [4.78, 5) is 5.15. The van der Waals surface area contributed by atoms with E-state index in [0.29, 0.717) is 5.69 Å². The summed E-state index contributed by atoms with van der Waals surface area (Å²) in [7, 11) is -3.61. The Hall–Kier alpha value is -1.88. The monoisotopic (exact) mass is 321 g/mol. The van der Waals surface area contributed by atoms with Crippen LogP contribution in [0, 0.1) is 11.8 Å². The molecular formula is C14H15N3O2S2. The van der Waals surface area contributed by atoms with Gasteiger partial charge in [0.15, 0.2) is 0 Å². The smallest absolute Gasteiger partial charge is 0.272 e. The van der Waals surface area contributed by atoms with Gasteiger partial charge in [-0.25, -0.2) is 13.4 Å². The van der Waals surface area contributed by atoms with E-state index in [1.807, 2.05) is 13.0 Å². The number of aromatic nitrogens is 1. The molecule has 0 fully saturated rings. The van der Waals surface area contributed by atoms with Crippen LogP contribution in [0.1, 0.15) is 17.5 Å². The number of nitrogens with one attached hydrogen (secondary N) is 1. The number of nitrogens with two attached hydrogens (primary N) is 1. The molecule has 0 amide bonds. The van der Waals surface area contributed by atoms with E-state index in [4.69, 9.17) is 5.73 Å². The molecule has 0 bridgehead atoms. The Bertz CT molecular complexity index is 786. The quantitative estimate of drug-likeness (QED) is 0.841. The third-order valence-electron chi connectivity index (χ3n) is 2.56. The first-order valence-electron chi connectivity index (χ1n) is 6.32. The van der Waals surface area contributed by atoms with Crippen molar-refractivity contribution >= 4 is 27.2 Å².